The van der Waals surface area contributed by atoms with Gasteiger partial charge in [-0.25, -0.2) is 0 Å². The predicted octanol–water partition coefficient (Wildman–Crippen LogP) is 23.1. The zero-order valence-electron chi connectivity index (χ0n) is 51.7. The topological polar surface area (TPSA) is 78.9 Å². The van der Waals surface area contributed by atoms with Crippen LogP contribution in [0.1, 0.15) is 335 Å². The lowest BCUT2D eigenvalue weighted by Gasteiger charge is -2.18. The molecule has 0 fully saturated rings. The number of carbonyl (C=O) groups excluding carboxylic acids is 3. The zero-order chi connectivity index (χ0) is 56.4. The molecule has 0 aromatic heterocycles. The van der Waals surface area contributed by atoms with Gasteiger partial charge in [-0.1, -0.05) is 324 Å². The monoisotopic (exact) mass is 1090 g/mol. The molecule has 0 aliphatic rings. The maximum atomic E-state index is 12.9. The Kier molecular flexibility index (Phi) is 63.2. The van der Waals surface area contributed by atoms with Crippen LogP contribution in [0.2, 0.25) is 0 Å². The molecule has 0 aliphatic heterocycles. The van der Waals surface area contributed by atoms with E-state index >= 15 is 0 Å². The minimum absolute atomic E-state index is 0.0826. The second kappa shape index (κ2) is 66.1. The quantitative estimate of drug-likeness (QED) is 0.0261. The summed E-state index contributed by atoms with van der Waals surface area (Å²) in [5.41, 5.74) is 0. The van der Waals surface area contributed by atoms with Crippen LogP contribution in [0.25, 0.3) is 0 Å². The summed E-state index contributed by atoms with van der Waals surface area (Å²) in [4.78, 5) is 38.4. The Balaban J connectivity index is 4.40. The fourth-order valence-corrected chi connectivity index (χ4v) is 9.66. The van der Waals surface area contributed by atoms with Crippen LogP contribution in [0.3, 0.4) is 0 Å². The molecule has 0 aliphatic carbocycles. The third kappa shape index (κ3) is 63.4. The van der Waals surface area contributed by atoms with Gasteiger partial charge in [0.1, 0.15) is 13.2 Å². The summed E-state index contributed by atoms with van der Waals surface area (Å²) < 4.78 is 16.9. The Labute approximate surface area is 484 Å². The van der Waals surface area contributed by atoms with E-state index in [1.54, 1.807) is 0 Å². The molecule has 1 unspecified atom stereocenters. The lowest BCUT2D eigenvalue weighted by Crippen LogP contribution is -2.30. The number of esters is 3. The zero-order valence-corrected chi connectivity index (χ0v) is 51.7. The average molecular weight is 1090 g/mol. The molecular weight excluding hydrogens is 961 g/mol. The number of ether oxygens (including phenoxy) is 3. The normalized spacial score (nSPS) is 12.6. The summed E-state index contributed by atoms with van der Waals surface area (Å²) in [6, 6.07) is 0. The summed E-state index contributed by atoms with van der Waals surface area (Å²) in [7, 11) is 0. The van der Waals surface area contributed by atoms with Crippen molar-refractivity contribution in [2.45, 2.75) is 341 Å². The van der Waals surface area contributed by atoms with Crippen molar-refractivity contribution in [2.75, 3.05) is 13.2 Å². The molecule has 6 nitrogen and oxygen atoms in total. The number of hydrogen-bond donors (Lipinski definition) is 0. The largest absolute Gasteiger partial charge is 0.462 e. The Hall–Kier alpha value is -3.41. The van der Waals surface area contributed by atoms with E-state index in [1.807, 2.05) is 0 Å². The first-order chi connectivity index (χ1) is 38.5. The smallest absolute Gasteiger partial charge is 0.306 e. The van der Waals surface area contributed by atoms with Crippen LogP contribution in [0.5, 0.6) is 0 Å². The molecule has 0 saturated carbocycles. The molecule has 0 bridgehead atoms. The van der Waals surface area contributed by atoms with Crippen molar-refractivity contribution >= 4 is 17.9 Å². The third-order valence-electron chi connectivity index (χ3n) is 14.7. The molecule has 78 heavy (non-hydrogen) atoms. The maximum Gasteiger partial charge on any atom is 0.306 e. The van der Waals surface area contributed by atoms with E-state index < -0.39 is 6.10 Å². The third-order valence-corrected chi connectivity index (χ3v) is 14.7. The highest BCUT2D eigenvalue weighted by Crippen LogP contribution is 2.17. The van der Waals surface area contributed by atoms with Gasteiger partial charge in [0, 0.05) is 19.3 Å². The molecule has 0 spiro atoms. The van der Waals surface area contributed by atoms with Gasteiger partial charge in [0.05, 0.1) is 0 Å². The average Bonchev–Trinajstić information content (AvgIpc) is 3.44. The molecule has 1 atom stereocenters. The summed E-state index contributed by atoms with van der Waals surface area (Å²) in [5.74, 6) is -0.897. The SMILES string of the molecule is CC/C=C\C/C=C\C/C=C\C/C=C\C/C=C\C/C=C\C/C=C\CCCCCC(=O)OCC(COC(=O)CCCCCCCCCCCCCCCCC)OC(=O)CCCCCCCCCCCCCCCCCCCCCC. The van der Waals surface area contributed by atoms with Gasteiger partial charge in [-0.15, -0.1) is 0 Å². The molecule has 0 N–H and O–H groups in total. The molecule has 0 amide bonds. The number of allylic oxidation sites excluding steroid dienone is 14. The van der Waals surface area contributed by atoms with E-state index in [0.29, 0.717) is 19.3 Å². The van der Waals surface area contributed by atoms with Gasteiger partial charge in [-0.3, -0.25) is 14.4 Å². The lowest BCUT2D eigenvalue weighted by atomic mass is 10.0. The van der Waals surface area contributed by atoms with Gasteiger partial charge in [0.15, 0.2) is 6.10 Å². The molecule has 0 saturated heterocycles. The van der Waals surface area contributed by atoms with E-state index in [4.69, 9.17) is 14.2 Å². The van der Waals surface area contributed by atoms with Gasteiger partial charge < -0.3 is 14.2 Å². The Bertz CT molecular complexity index is 1480. The van der Waals surface area contributed by atoms with E-state index in [1.165, 1.54) is 186 Å². The second-order valence-corrected chi connectivity index (χ2v) is 22.4. The Morgan fingerprint density at radius 3 is 0.782 bits per heavy atom. The van der Waals surface area contributed by atoms with E-state index in [0.717, 1.165) is 109 Å². The van der Waals surface area contributed by atoms with Crippen LogP contribution in [0.15, 0.2) is 85.1 Å². The summed E-state index contributed by atoms with van der Waals surface area (Å²) in [6.45, 7) is 6.55. The fraction of sp³-hybridized carbons (Fsp3) is 0.764. The molecule has 0 radical (unpaired) electrons. The highest BCUT2D eigenvalue weighted by molar-refractivity contribution is 5.71. The van der Waals surface area contributed by atoms with E-state index in [2.05, 4.69) is 106 Å². The molecule has 0 aromatic rings. The number of rotatable bonds is 61. The standard InChI is InChI=1S/C72H126O6/c1-4-7-10-13-16-19-22-25-28-30-32-34-35-36-37-38-40-41-44-47-50-53-56-59-62-65-71(74)77-68-69(67-76-70(73)64-61-58-55-52-49-46-43-27-24-21-18-15-12-9-6-3)78-72(75)66-63-60-57-54-51-48-45-42-39-33-31-29-26-23-20-17-14-11-8-5-2/h7,10,16,19,25,28,32,34,36-37,40-41,47,50,69H,4-6,8-9,11-15,17-18,20-24,26-27,29-31,33,35,38-39,42-46,48-49,51-68H2,1-3H3/b10-7-,19-16-,28-25-,34-32-,37-36-,41-40-,50-47-. The fourth-order valence-electron chi connectivity index (χ4n) is 9.66. The molecule has 0 aromatic carbocycles. The first-order valence-corrected chi connectivity index (χ1v) is 33.6. The molecule has 450 valence electrons. The minimum atomic E-state index is -0.789. The van der Waals surface area contributed by atoms with Crippen LogP contribution in [0, 0.1) is 0 Å². The highest BCUT2D eigenvalue weighted by atomic mass is 16.6. The van der Waals surface area contributed by atoms with E-state index in [9.17, 15) is 14.4 Å². The van der Waals surface area contributed by atoms with Gasteiger partial charge in [-0.2, -0.15) is 0 Å². The van der Waals surface area contributed by atoms with Crippen LogP contribution in [0.4, 0.5) is 0 Å². The van der Waals surface area contributed by atoms with Crippen molar-refractivity contribution in [2.24, 2.45) is 0 Å². The van der Waals surface area contributed by atoms with Gasteiger partial charge >= 0.3 is 17.9 Å². The highest BCUT2D eigenvalue weighted by Gasteiger charge is 2.19. The van der Waals surface area contributed by atoms with Crippen molar-refractivity contribution < 1.29 is 28.6 Å². The lowest BCUT2D eigenvalue weighted by molar-refractivity contribution is -0.167. The first kappa shape index (κ1) is 74.6. The Morgan fingerprint density at radius 2 is 0.500 bits per heavy atom. The minimum Gasteiger partial charge on any atom is -0.462 e. The van der Waals surface area contributed by atoms with Crippen molar-refractivity contribution in [3.63, 3.8) is 0 Å². The summed E-state index contributed by atoms with van der Waals surface area (Å²) >= 11 is 0. The maximum absolute atomic E-state index is 12.9. The van der Waals surface area contributed by atoms with Crippen molar-refractivity contribution in [3.8, 4) is 0 Å². The van der Waals surface area contributed by atoms with Crippen LogP contribution in [-0.2, 0) is 28.6 Å². The first-order valence-electron chi connectivity index (χ1n) is 33.6. The van der Waals surface area contributed by atoms with Crippen LogP contribution < -0.4 is 0 Å². The van der Waals surface area contributed by atoms with Crippen LogP contribution >= 0.6 is 0 Å². The van der Waals surface area contributed by atoms with Crippen molar-refractivity contribution in [1.82, 2.24) is 0 Å². The molecule has 0 heterocycles. The number of unbranched alkanes of at least 4 members (excludes halogenated alkanes) is 36. The van der Waals surface area contributed by atoms with Crippen LogP contribution in [-0.4, -0.2) is 37.2 Å². The van der Waals surface area contributed by atoms with E-state index in [-0.39, 0.29) is 31.1 Å². The van der Waals surface area contributed by atoms with Crippen molar-refractivity contribution in [3.05, 3.63) is 85.1 Å². The second-order valence-electron chi connectivity index (χ2n) is 22.4. The molecule has 0 rings (SSSR count). The number of hydrogen-bond acceptors (Lipinski definition) is 6. The summed E-state index contributed by atoms with van der Waals surface area (Å²) in [6.07, 6.45) is 87.3. The molecular formula is C72H126O6. The predicted molar refractivity (Wildman–Crippen MR) is 339 cm³/mol. The Morgan fingerprint density at radius 1 is 0.269 bits per heavy atom. The van der Waals surface area contributed by atoms with Gasteiger partial charge in [0.2, 0.25) is 0 Å². The molecule has 6 heteroatoms. The van der Waals surface area contributed by atoms with Crippen molar-refractivity contribution in [1.29, 1.82) is 0 Å². The summed E-state index contributed by atoms with van der Waals surface area (Å²) in [5, 5.41) is 0. The van der Waals surface area contributed by atoms with Gasteiger partial charge in [0.25, 0.3) is 0 Å². The van der Waals surface area contributed by atoms with Gasteiger partial charge in [-0.05, 0) is 77.0 Å². The number of carbonyl (C=O) groups is 3.